The zero-order valence-corrected chi connectivity index (χ0v) is 29.2. The largest absolute Gasteiger partial charge is 0.481 e. The van der Waals surface area contributed by atoms with E-state index in [2.05, 4.69) is 19.9 Å². The molecule has 5 aliphatic carbocycles. The summed E-state index contributed by atoms with van der Waals surface area (Å²) in [6.45, 7) is 8.54. The van der Waals surface area contributed by atoms with Crippen LogP contribution in [0.5, 0.6) is 0 Å². The minimum Gasteiger partial charge on any atom is -0.481 e. The highest BCUT2D eigenvalue weighted by molar-refractivity contribution is 5.79. The topological polar surface area (TPSA) is 235 Å². The van der Waals surface area contributed by atoms with Gasteiger partial charge >= 0.3 is 11.9 Å². The van der Waals surface area contributed by atoms with E-state index >= 15 is 0 Å². The number of fused-ring (bicyclic) bond motifs is 7. The Morgan fingerprint density at radius 3 is 2.20 bits per heavy atom. The summed E-state index contributed by atoms with van der Waals surface area (Å²) in [6.07, 6.45) is -5.53. The van der Waals surface area contributed by atoms with E-state index in [1.807, 2.05) is 13.8 Å². The third-order valence-electron chi connectivity index (χ3n) is 15.6. The lowest BCUT2D eigenvalue weighted by molar-refractivity contribution is -0.299. The van der Waals surface area contributed by atoms with Crippen LogP contribution in [0, 0.1) is 50.7 Å². The molecule has 1 aliphatic heterocycles. The van der Waals surface area contributed by atoms with Crippen LogP contribution in [-0.4, -0.2) is 120 Å². The van der Waals surface area contributed by atoms with Crippen LogP contribution in [-0.2, 0) is 19.1 Å². The van der Waals surface area contributed by atoms with Crippen molar-refractivity contribution in [1.29, 1.82) is 0 Å². The van der Waals surface area contributed by atoms with E-state index in [9.17, 15) is 55.5 Å². The van der Waals surface area contributed by atoms with Crippen LogP contribution < -0.4 is 0 Å². The van der Waals surface area contributed by atoms with E-state index in [-0.39, 0.29) is 18.3 Å². The molecule has 1 heterocycles. The molecule has 0 aromatic carbocycles. The van der Waals surface area contributed by atoms with Crippen molar-refractivity contribution in [2.75, 3.05) is 13.2 Å². The Morgan fingerprint density at radius 1 is 0.918 bits per heavy atom. The maximum absolute atomic E-state index is 14.5. The molecule has 0 spiro atoms. The molecule has 278 valence electrons. The molecule has 13 heteroatoms. The minimum absolute atomic E-state index is 0.153. The lowest BCUT2D eigenvalue weighted by atomic mass is 9.32. The van der Waals surface area contributed by atoms with E-state index < -0.39 is 113 Å². The molecule has 0 bridgehead atoms. The normalized spacial score (nSPS) is 55.5. The molecule has 0 aromatic rings. The molecule has 17 atom stereocenters. The Morgan fingerprint density at radius 2 is 1.59 bits per heavy atom. The molecule has 0 amide bonds. The number of aliphatic carboxylic acids is 1. The van der Waals surface area contributed by atoms with Gasteiger partial charge in [0.05, 0.1) is 36.4 Å². The van der Waals surface area contributed by atoms with E-state index in [0.717, 1.165) is 5.57 Å². The van der Waals surface area contributed by atoms with Crippen molar-refractivity contribution in [2.24, 2.45) is 50.7 Å². The van der Waals surface area contributed by atoms with Gasteiger partial charge in [-0.1, -0.05) is 39.3 Å². The number of allylic oxidation sites excluding steroid dienone is 1. The summed E-state index contributed by atoms with van der Waals surface area (Å²) >= 11 is 0. The summed E-state index contributed by atoms with van der Waals surface area (Å²) in [5.41, 5.74) is -5.39. The number of rotatable bonds is 5. The van der Waals surface area contributed by atoms with Gasteiger partial charge in [0.1, 0.15) is 29.8 Å². The number of hydrogen-bond donors (Lipinski definition) is 9. The van der Waals surface area contributed by atoms with Crippen LogP contribution in [0.15, 0.2) is 11.6 Å². The second-order valence-corrected chi connectivity index (χ2v) is 17.4. The van der Waals surface area contributed by atoms with Gasteiger partial charge in [-0.05, 0) is 92.3 Å². The first-order valence-electron chi connectivity index (χ1n) is 17.9. The van der Waals surface area contributed by atoms with Crippen molar-refractivity contribution in [3.05, 3.63) is 11.6 Å². The highest BCUT2D eigenvalue weighted by Gasteiger charge is 2.74. The summed E-state index contributed by atoms with van der Waals surface area (Å²) < 4.78 is 11.4. The van der Waals surface area contributed by atoms with E-state index in [0.29, 0.717) is 44.9 Å². The van der Waals surface area contributed by atoms with Gasteiger partial charge in [-0.15, -0.1) is 0 Å². The zero-order chi connectivity index (χ0) is 36.3. The Balaban J connectivity index is 1.41. The molecular formula is C36H56O13. The van der Waals surface area contributed by atoms with Gasteiger partial charge in [0, 0.05) is 5.92 Å². The molecular weight excluding hydrogens is 640 g/mol. The second kappa shape index (κ2) is 11.9. The van der Waals surface area contributed by atoms with Gasteiger partial charge in [0.25, 0.3) is 0 Å². The van der Waals surface area contributed by atoms with Gasteiger partial charge in [-0.2, -0.15) is 0 Å². The quantitative estimate of drug-likeness (QED) is 0.141. The molecule has 4 saturated carbocycles. The Bertz CT molecular complexity index is 1370. The summed E-state index contributed by atoms with van der Waals surface area (Å²) in [4.78, 5) is 27.3. The van der Waals surface area contributed by atoms with Crippen molar-refractivity contribution in [3.63, 3.8) is 0 Å². The van der Waals surface area contributed by atoms with Gasteiger partial charge in [0.2, 0.25) is 6.29 Å². The second-order valence-electron chi connectivity index (χ2n) is 17.4. The van der Waals surface area contributed by atoms with Crippen molar-refractivity contribution < 1.29 is 65.0 Å². The third-order valence-corrected chi connectivity index (χ3v) is 15.6. The fraction of sp³-hybridized carbons (Fsp3) is 0.889. The molecule has 6 rings (SSSR count). The molecule has 0 aromatic heterocycles. The van der Waals surface area contributed by atoms with Gasteiger partial charge in [0.15, 0.2) is 0 Å². The van der Waals surface area contributed by atoms with E-state index in [4.69, 9.17) is 9.47 Å². The molecule has 9 N–H and O–H groups in total. The van der Waals surface area contributed by atoms with Crippen molar-refractivity contribution in [3.8, 4) is 0 Å². The Labute approximate surface area is 286 Å². The van der Waals surface area contributed by atoms with Gasteiger partial charge < -0.3 is 55.4 Å². The molecule has 1 saturated heterocycles. The highest BCUT2D eigenvalue weighted by Crippen LogP contribution is 2.76. The number of hydrogen-bond acceptors (Lipinski definition) is 12. The Kier molecular flexibility index (Phi) is 9.03. The summed E-state index contributed by atoms with van der Waals surface area (Å²) in [7, 11) is 0. The van der Waals surface area contributed by atoms with Crippen LogP contribution in [0.3, 0.4) is 0 Å². The summed E-state index contributed by atoms with van der Waals surface area (Å²) in [5.74, 6) is -3.67. The first-order valence-corrected chi connectivity index (χ1v) is 17.9. The molecule has 6 aliphatic rings. The molecule has 5 fully saturated rings. The smallest absolute Gasteiger partial charge is 0.315 e. The lowest BCUT2D eigenvalue weighted by Crippen LogP contribution is -2.71. The Hall–Kier alpha value is -1.68. The first kappa shape index (κ1) is 37.1. The van der Waals surface area contributed by atoms with Crippen molar-refractivity contribution in [2.45, 2.75) is 135 Å². The third kappa shape index (κ3) is 4.69. The lowest BCUT2D eigenvalue weighted by Gasteiger charge is -2.72. The van der Waals surface area contributed by atoms with Crippen molar-refractivity contribution >= 4 is 11.9 Å². The number of carboxylic acid groups (broad SMARTS) is 1. The number of carboxylic acids is 1. The molecule has 49 heavy (non-hydrogen) atoms. The van der Waals surface area contributed by atoms with E-state index in [1.54, 1.807) is 6.92 Å². The predicted octanol–water partition coefficient (Wildman–Crippen LogP) is 0.471. The fourth-order valence-corrected chi connectivity index (χ4v) is 12.4. The minimum atomic E-state index is -1.92. The zero-order valence-electron chi connectivity index (χ0n) is 29.2. The standard InChI is InChI=1S/C36H56O13/c1-17-8-11-35(30(46)49-28-25(42)24(41)23(40)20(15-37)48-28)13-12-32(3)18(26(35)34(17,5)47)6-7-21-31(2)14-19(39)27(43)36(16-38,29(44)45)22(31)9-10-33(21,32)4/h6,17,19-28,37-43,47H,7-16H2,1-5H3,(H,44,45)/t17-,19-,20-,21-,22-,23-,24+,25-,26-,27+,28+,31-,32-,33-,34-,35+,36+/m1/s1. The SMILES string of the molecule is C[C@@H]1CC[C@]2(C(=O)O[C@@H]3O[C@H](CO)[C@@H](O)[C@H](O)[C@H]3O)CC[C@]3(C)C(=CC[C@@H]4[C@@]5(C)C[C@@H](O)[C@H](O)[C@@](CO)(C(=O)O)[C@@H]5CC[C@]43C)[C@@H]2[C@]1(C)O. The number of aliphatic hydroxyl groups is 8. The van der Waals surface area contributed by atoms with Crippen LogP contribution >= 0.6 is 0 Å². The molecule has 13 nitrogen and oxygen atoms in total. The van der Waals surface area contributed by atoms with Crippen LogP contribution in [0.4, 0.5) is 0 Å². The number of esters is 1. The number of aliphatic hydroxyl groups excluding tert-OH is 7. The molecule has 0 unspecified atom stereocenters. The average Bonchev–Trinajstić information content (AvgIpc) is 3.04. The predicted molar refractivity (Wildman–Crippen MR) is 171 cm³/mol. The van der Waals surface area contributed by atoms with Crippen LogP contribution in [0.1, 0.15) is 86.0 Å². The maximum atomic E-state index is 14.5. The van der Waals surface area contributed by atoms with Crippen molar-refractivity contribution in [1.82, 2.24) is 0 Å². The van der Waals surface area contributed by atoms with Crippen LogP contribution in [0.25, 0.3) is 0 Å². The monoisotopic (exact) mass is 696 g/mol. The summed E-state index contributed by atoms with van der Waals surface area (Å²) in [5, 5.41) is 96.6. The van der Waals surface area contributed by atoms with Gasteiger partial charge in [-0.3, -0.25) is 9.59 Å². The molecule has 0 radical (unpaired) electrons. The van der Waals surface area contributed by atoms with Crippen LogP contribution in [0.2, 0.25) is 0 Å². The fourth-order valence-electron chi connectivity index (χ4n) is 12.4. The number of carbonyl (C=O) groups excluding carboxylic acids is 1. The average molecular weight is 697 g/mol. The van der Waals surface area contributed by atoms with Gasteiger partial charge in [-0.25, -0.2) is 0 Å². The maximum Gasteiger partial charge on any atom is 0.315 e. The number of carbonyl (C=O) groups is 2. The highest BCUT2D eigenvalue weighted by atomic mass is 16.7. The number of ether oxygens (including phenoxy) is 2. The first-order chi connectivity index (χ1) is 22.7. The summed E-state index contributed by atoms with van der Waals surface area (Å²) in [6, 6.07) is 0. The van der Waals surface area contributed by atoms with E-state index in [1.165, 1.54) is 0 Å².